The zero-order valence-corrected chi connectivity index (χ0v) is 16.9. The SMILES string of the molecule is CCc1noc(CC)c1CNC(=NC)NCc1cccc(COCC(F)(F)F)c1. The highest BCUT2D eigenvalue weighted by Crippen LogP contribution is 2.16. The number of nitrogens with one attached hydrogen (secondary N) is 2. The minimum absolute atomic E-state index is 0.0899. The van der Waals surface area contributed by atoms with Crippen LogP contribution in [0.5, 0.6) is 0 Å². The number of hydrogen-bond acceptors (Lipinski definition) is 4. The van der Waals surface area contributed by atoms with Crippen LogP contribution in [0.15, 0.2) is 33.8 Å². The van der Waals surface area contributed by atoms with Crippen molar-refractivity contribution in [3.05, 3.63) is 52.4 Å². The van der Waals surface area contributed by atoms with Gasteiger partial charge in [0, 0.05) is 32.1 Å². The fraction of sp³-hybridized carbons (Fsp3) is 0.500. The Morgan fingerprint density at radius 1 is 1.14 bits per heavy atom. The quantitative estimate of drug-likeness (QED) is 0.485. The lowest BCUT2D eigenvalue weighted by Gasteiger charge is -2.13. The number of aromatic nitrogens is 1. The second-order valence-electron chi connectivity index (χ2n) is 6.45. The van der Waals surface area contributed by atoms with Crippen molar-refractivity contribution >= 4 is 5.96 Å². The van der Waals surface area contributed by atoms with E-state index in [1.165, 1.54) is 0 Å². The number of ether oxygens (including phenoxy) is 1. The summed E-state index contributed by atoms with van der Waals surface area (Å²) < 4.78 is 46.7. The Bertz CT molecular complexity index is 782. The Balaban J connectivity index is 1.88. The molecule has 0 aliphatic rings. The molecule has 0 bridgehead atoms. The lowest BCUT2D eigenvalue weighted by atomic mass is 10.1. The molecule has 0 radical (unpaired) electrons. The van der Waals surface area contributed by atoms with E-state index >= 15 is 0 Å². The number of halogens is 3. The third-order valence-corrected chi connectivity index (χ3v) is 4.25. The molecule has 2 rings (SSSR count). The molecule has 1 aromatic heterocycles. The predicted molar refractivity (Wildman–Crippen MR) is 104 cm³/mol. The van der Waals surface area contributed by atoms with Crippen molar-refractivity contribution in [2.24, 2.45) is 4.99 Å². The summed E-state index contributed by atoms with van der Waals surface area (Å²) >= 11 is 0. The van der Waals surface area contributed by atoms with Gasteiger partial charge in [0.1, 0.15) is 12.4 Å². The predicted octanol–water partition coefficient (Wildman–Crippen LogP) is 3.74. The topological polar surface area (TPSA) is 71.7 Å². The van der Waals surface area contributed by atoms with Gasteiger partial charge < -0.3 is 19.9 Å². The van der Waals surface area contributed by atoms with Crippen LogP contribution in [0.1, 0.15) is 42.0 Å². The van der Waals surface area contributed by atoms with E-state index in [0.717, 1.165) is 35.4 Å². The van der Waals surface area contributed by atoms with Gasteiger partial charge in [0.2, 0.25) is 0 Å². The van der Waals surface area contributed by atoms with Crippen molar-refractivity contribution in [1.29, 1.82) is 0 Å². The van der Waals surface area contributed by atoms with Gasteiger partial charge in [-0.15, -0.1) is 0 Å². The molecule has 0 fully saturated rings. The van der Waals surface area contributed by atoms with Crippen LogP contribution in [0.25, 0.3) is 0 Å². The molecular weight excluding hydrogens is 385 g/mol. The summed E-state index contributed by atoms with van der Waals surface area (Å²) in [6, 6.07) is 7.22. The van der Waals surface area contributed by atoms with E-state index in [1.807, 2.05) is 19.9 Å². The molecule has 29 heavy (non-hydrogen) atoms. The smallest absolute Gasteiger partial charge is 0.367 e. The number of benzene rings is 1. The van der Waals surface area contributed by atoms with Crippen molar-refractivity contribution in [1.82, 2.24) is 15.8 Å². The molecule has 2 aromatic rings. The van der Waals surface area contributed by atoms with E-state index in [1.54, 1.807) is 25.2 Å². The third-order valence-electron chi connectivity index (χ3n) is 4.25. The summed E-state index contributed by atoms with van der Waals surface area (Å²) in [5.74, 6) is 1.46. The Hall–Kier alpha value is -2.55. The molecule has 0 amide bonds. The van der Waals surface area contributed by atoms with Crippen LogP contribution in [0.4, 0.5) is 13.2 Å². The van der Waals surface area contributed by atoms with Crippen molar-refractivity contribution in [3.8, 4) is 0 Å². The monoisotopic (exact) mass is 412 g/mol. The van der Waals surface area contributed by atoms with Crippen LogP contribution in [-0.4, -0.2) is 30.9 Å². The summed E-state index contributed by atoms with van der Waals surface area (Å²) in [6.45, 7) is 3.71. The fourth-order valence-corrected chi connectivity index (χ4v) is 2.83. The van der Waals surface area contributed by atoms with Crippen molar-refractivity contribution in [2.45, 2.75) is 52.6 Å². The van der Waals surface area contributed by atoms with Crippen LogP contribution in [0, 0.1) is 0 Å². The highest BCUT2D eigenvalue weighted by molar-refractivity contribution is 5.79. The van der Waals surface area contributed by atoms with Gasteiger partial charge in [0.25, 0.3) is 0 Å². The minimum atomic E-state index is -4.32. The number of nitrogens with zero attached hydrogens (tertiary/aromatic N) is 2. The maximum atomic E-state index is 12.2. The van der Waals surface area contributed by atoms with Crippen molar-refractivity contribution < 1.29 is 22.4 Å². The molecule has 0 aliphatic heterocycles. The molecule has 0 unspecified atom stereocenters. The minimum Gasteiger partial charge on any atom is -0.367 e. The molecule has 0 saturated carbocycles. The Kier molecular flexibility index (Phi) is 8.50. The van der Waals surface area contributed by atoms with E-state index in [2.05, 4.69) is 20.8 Å². The number of aryl methyl sites for hydroxylation is 2. The third kappa shape index (κ3) is 7.41. The highest BCUT2D eigenvalue weighted by Gasteiger charge is 2.27. The number of hydrogen-bond donors (Lipinski definition) is 2. The van der Waals surface area contributed by atoms with Crippen LogP contribution < -0.4 is 10.6 Å². The molecule has 0 atom stereocenters. The van der Waals surface area contributed by atoms with Gasteiger partial charge in [-0.3, -0.25) is 4.99 Å². The lowest BCUT2D eigenvalue weighted by molar-refractivity contribution is -0.176. The van der Waals surface area contributed by atoms with Gasteiger partial charge in [0.15, 0.2) is 5.96 Å². The Morgan fingerprint density at radius 2 is 1.86 bits per heavy atom. The van der Waals surface area contributed by atoms with Gasteiger partial charge in [-0.05, 0) is 17.5 Å². The molecule has 2 N–H and O–H groups in total. The van der Waals surface area contributed by atoms with E-state index in [4.69, 9.17) is 9.26 Å². The molecule has 6 nitrogen and oxygen atoms in total. The van der Waals surface area contributed by atoms with Crippen LogP contribution >= 0.6 is 0 Å². The molecule has 1 heterocycles. The average Bonchev–Trinajstić information content (AvgIpc) is 3.09. The second kappa shape index (κ2) is 10.8. The summed E-state index contributed by atoms with van der Waals surface area (Å²) in [5.41, 5.74) is 3.56. The van der Waals surface area contributed by atoms with Crippen molar-refractivity contribution in [2.75, 3.05) is 13.7 Å². The van der Waals surface area contributed by atoms with Crippen LogP contribution in [0.3, 0.4) is 0 Å². The standard InChI is InChI=1S/C20H27F3N4O2/c1-4-17-16(18(5-2)29-27-17)11-26-19(24-3)25-10-14-7-6-8-15(9-14)12-28-13-20(21,22)23/h6-9H,4-5,10-13H2,1-3H3,(H2,24,25,26). The maximum absolute atomic E-state index is 12.2. The van der Waals surface area contributed by atoms with Gasteiger partial charge in [0.05, 0.1) is 12.3 Å². The molecule has 9 heteroatoms. The van der Waals surface area contributed by atoms with Gasteiger partial charge in [-0.2, -0.15) is 13.2 Å². The normalized spacial score (nSPS) is 12.3. The number of aliphatic imine (C=N–C) groups is 1. The van der Waals surface area contributed by atoms with Crippen LogP contribution in [0.2, 0.25) is 0 Å². The fourth-order valence-electron chi connectivity index (χ4n) is 2.83. The second-order valence-corrected chi connectivity index (χ2v) is 6.45. The Labute approximate surface area is 168 Å². The van der Waals surface area contributed by atoms with Gasteiger partial charge in [-0.1, -0.05) is 43.3 Å². The first-order valence-electron chi connectivity index (χ1n) is 9.49. The molecule has 0 aliphatic carbocycles. The molecular formula is C20H27F3N4O2. The van der Waals surface area contributed by atoms with Crippen LogP contribution in [-0.2, 0) is 37.3 Å². The zero-order chi connectivity index (χ0) is 21.3. The summed E-state index contributed by atoms with van der Waals surface area (Å²) in [7, 11) is 1.67. The zero-order valence-electron chi connectivity index (χ0n) is 16.9. The summed E-state index contributed by atoms with van der Waals surface area (Å²) in [4.78, 5) is 4.21. The maximum Gasteiger partial charge on any atom is 0.411 e. The largest absolute Gasteiger partial charge is 0.411 e. The first-order chi connectivity index (χ1) is 13.9. The number of alkyl halides is 3. The van der Waals surface area contributed by atoms with E-state index in [9.17, 15) is 13.2 Å². The lowest BCUT2D eigenvalue weighted by Crippen LogP contribution is -2.36. The summed E-state index contributed by atoms with van der Waals surface area (Å²) in [6.07, 6.45) is -2.77. The number of guanidine groups is 1. The molecule has 1 aromatic carbocycles. The average molecular weight is 412 g/mol. The number of rotatable bonds is 9. The molecule has 0 saturated heterocycles. The summed E-state index contributed by atoms with van der Waals surface area (Å²) in [5, 5.41) is 10.5. The van der Waals surface area contributed by atoms with E-state index < -0.39 is 12.8 Å². The highest BCUT2D eigenvalue weighted by atomic mass is 19.4. The van der Waals surface area contributed by atoms with E-state index in [0.29, 0.717) is 24.6 Å². The van der Waals surface area contributed by atoms with Gasteiger partial charge >= 0.3 is 6.18 Å². The van der Waals surface area contributed by atoms with Crippen molar-refractivity contribution in [3.63, 3.8) is 0 Å². The first-order valence-corrected chi connectivity index (χ1v) is 9.49. The molecule has 160 valence electrons. The molecule has 0 spiro atoms. The first kappa shape index (κ1) is 22.7. The Morgan fingerprint density at radius 3 is 2.52 bits per heavy atom. The van der Waals surface area contributed by atoms with Gasteiger partial charge in [-0.25, -0.2) is 0 Å². The van der Waals surface area contributed by atoms with E-state index in [-0.39, 0.29) is 6.61 Å².